The standard InChI is InChI=1S/C27H37NO18/c1-10(29)28-18-20(19(39-12(3)31)17(9-38-11(2)30)44-26(18)43-16(7)35)45-27-24(42-15(6)34)22(41-14(5)33)21(40-13(4)32)23(46-27)25(36)37-8/h17-24,26-27H,9H2,1-8H3,(H,28,29)/t17-,18-,19-,20-,21+,22+,23+,24-,26+,27-/m1/s1. The topological polar surface area (TPSA) is 241 Å². The van der Waals surface area contributed by atoms with Crippen molar-refractivity contribution in [2.75, 3.05) is 13.7 Å². The summed E-state index contributed by atoms with van der Waals surface area (Å²) in [5.41, 5.74) is 0. The molecule has 2 saturated heterocycles. The molecule has 0 unspecified atom stereocenters. The Morgan fingerprint density at radius 2 is 1.07 bits per heavy atom. The Hall–Kier alpha value is -4.36. The number of methoxy groups -OCH3 is 1. The lowest BCUT2D eigenvalue weighted by Gasteiger charge is -2.48. The molecule has 2 aliphatic heterocycles. The van der Waals surface area contributed by atoms with E-state index in [2.05, 4.69) is 5.32 Å². The highest BCUT2D eigenvalue weighted by Crippen LogP contribution is 2.35. The molecule has 1 amide bonds. The smallest absolute Gasteiger partial charge is 0.339 e. The number of nitrogens with one attached hydrogen (secondary N) is 1. The molecule has 1 N–H and O–H groups in total. The maximum absolute atomic E-state index is 12.9. The molecule has 0 spiro atoms. The molecule has 0 bridgehead atoms. The van der Waals surface area contributed by atoms with Crippen molar-refractivity contribution in [3.63, 3.8) is 0 Å². The van der Waals surface area contributed by atoms with Gasteiger partial charge in [-0.3, -0.25) is 33.6 Å². The number of amides is 1. The van der Waals surface area contributed by atoms with Crippen molar-refractivity contribution in [1.29, 1.82) is 0 Å². The summed E-state index contributed by atoms with van der Waals surface area (Å²) in [7, 11) is 0.983. The van der Waals surface area contributed by atoms with Gasteiger partial charge in [-0.15, -0.1) is 0 Å². The zero-order valence-electron chi connectivity index (χ0n) is 26.3. The van der Waals surface area contributed by atoms with E-state index in [1.807, 2.05) is 0 Å². The van der Waals surface area contributed by atoms with Gasteiger partial charge in [0.05, 0.1) is 7.11 Å². The molecule has 0 radical (unpaired) electrons. The van der Waals surface area contributed by atoms with Gasteiger partial charge in [-0.05, 0) is 0 Å². The quantitative estimate of drug-likeness (QED) is 0.192. The second kappa shape index (κ2) is 16.8. The van der Waals surface area contributed by atoms with Crippen molar-refractivity contribution in [1.82, 2.24) is 5.32 Å². The zero-order chi connectivity index (χ0) is 34.9. The predicted octanol–water partition coefficient (Wildman–Crippen LogP) is -1.65. The van der Waals surface area contributed by atoms with E-state index in [1.54, 1.807) is 0 Å². The van der Waals surface area contributed by atoms with Gasteiger partial charge in [0.1, 0.15) is 24.9 Å². The Kier molecular flexibility index (Phi) is 13.8. The lowest BCUT2D eigenvalue weighted by molar-refractivity contribution is -0.340. The molecule has 2 heterocycles. The summed E-state index contributed by atoms with van der Waals surface area (Å²) in [4.78, 5) is 97.5. The summed E-state index contributed by atoms with van der Waals surface area (Å²) in [5.74, 6) is -7.25. The molecule has 0 aromatic carbocycles. The van der Waals surface area contributed by atoms with Crippen molar-refractivity contribution in [3.05, 3.63) is 0 Å². The molecule has 0 aromatic heterocycles. The van der Waals surface area contributed by atoms with Gasteiger partial charge in [0.15, 0.2) is 36.8 Å². The molecular weight excluding hydrogens is 626 g/mol. The van der Waals surface area contributed by atoms with E-state index in [1.165, 1.54) is 0 Å². The van der Waals surface area contributed by atoms with Crippen molar-refractivity contribution >= 4 is 47.7 Å². The van der Waals surface area contributed by atoms with Crippen LogP contribution in [0.4, 0.5) is 0 Å². The van der Waals surface area contributed by atoms with Crippen LogP contribution in [0.2, 0.25) is 0 Å². The van der Waals surface area contributed by atoms with Crippen LogP contribution in [0.25, 0.3) is 0 Å². The third-order valence-corrected chi connectivity index (χ3v) is 6.18. The Balaban J connectivity index is 2.77. The van der Waals surface area contributed by atoms with Gasteiger partial charge >= 0.3 is 41.8 Å². The molecule has 0 aliphatic carbocycles. The Labute approximate surface area is 262 Å². The van der Waals surface area contributed by atoms with Gasteiger partial charge < -0.3 is 52.7 Å². The van der Waals surface area contributed by atoms with Gasteiger partial charge in [0.25, 0.3) is 0 Å². The molecule has 46 heavy (non-hydrogen) atoms. The summed E-state index contributed by atoms with van der Waals surface area (Å²) in [6.45, 7) is 6.62. The number of hydrogen-bond acceptors (Lipinski definition) is 18. The zero-order valence-corrected chi connectivity index (χ0v) is 26.3. The van der Waals surface area contributed by atoms with Crippen LogP contribution < -0.4 is 5.32 Å². The van der Waals surface area contributed by atoms with Crippen LogP contribution in [0.1, 0.15) is 48.5 Å². The van der Waals surface area contributed by atoms with Crippen LogP contribution in [0.15, 0.2) is 0 Å². The summed E-state index contributed by atoms with van der Waals surface area (Å²) < 4.78 is 54.2. The largest absolute Gasteiger partial charge is 0.467 e. The Morgan fingerprint density at radius 3 is 1.54 bits per heavy atom. The van der Waals surface area contributed by atoms with E-state index in [4.69, 9.17) is 47.4 Å². The van der Waals surface area contributed by atoms with Crippen molar-refractivity contribution in [2.24, 2.45) is 0 Å². The van der Waals surface area contributed by atoms with E-state index in [0.717, 1.165) is 55.6 Å². The van der Waals surface area contributed by atoms with E-state index < -0.39 is 116 Å². The van der Waals surface area contributed by atoms with Crippen LogP contribution in [0.5, 0.6) is 0 Å². The fraction of sp³-hybridized carbons (Fsp3) is 0.704. The second-order valence-electron chi connectivity index (χ2n) is 10.0. The second-order valence-corrected chi connectivity index (χ2v) is 10.0. The lowest BCUT2D eigenvalue weighted by Crippen LogP contribution is -2.69. The lowest BCUT2D eigenvalue weighted by atomic mass is 9.94. The molecule has 19 heteroatoms. The summed E-state index contributed by atoms with van der Waals surface area (Å²) in [6.07, 6.45) is -15.4. The Bertz CT molecular complexity index is 1190. The highest BCUT2D eigenvalue weighted by atomic mass is 16.8. The van der Waals surface area contributed by atoms with E-state index in [0.29, 0.717) is 0 Å². The number of rotatable bonds is 11. The molecule has 2 aliphatic rings. The molecule has 258 valence electrons. The van der Waals surface area contributed by atoms with Crippen molar-refractivity contribution in [3.8, 4) is 0 Å². The first-order valence-corrected chi connectivity index (χ1v) is 13.8. The molecule has 2 fully saturated rings. The third-order valence-electron chi connectivity index (χ3n) is 6.18. The minimum Gasteiger partial charge on any atom is -0.467 e. The maximum Gasteiger partial charge on any atom is 0.339 e. The van der Waals surface area contributed by atoms with E-state index in [9.17, 15) is 38.4 Å². The van der Waals surface area contributed by atoms with Gasteiger partial charge in [0.2, 0.25) is 12.2 Å². The van der Waals surface area contributed by atoms with Crippen LogP contribution in [-0.4, -0.2) is 123 Å². The number of carbonyl (C=O) groups is 8. The normalized spacial score (nSPS) is 30.4. The molecule has 0 saturated carbocycles. The van der Waals surface area contributed by atoms with Crippen LogP contribution in [0, 0.1) is 0 Å². The fourth-order valence-electron chi connectivity index (χ4n) is 4.73. The number of carbonyl (C=O) groups excluding carboxylic acids is 8. The molecular formula is C27H37NO18. The Morgan fingerprint density at radius 1 is 0.565 bits per heavy atom. The molecule has 10 atom stereocenters. The van der Waals surface area contributed by atoms with Gasteiger partial charge in [-0.25, -0.2) is 4.79 Å². The van der Waals surface area contributed by atoms with Gasteiger partial charge in [-0.2, -0.15) is 0 Å². The number of esters is 7. The predicted molar refractivity (Wildman–Crippen MR) is 142 cm³/mol. The first-order chi connectivity index (χ1) is 21.4. The minimum absolute atomic E-state index is 0.577. The summed E-state index contributed by atoms with van der Waals surface area (Å²) in [5, 5.41) is 2.47. The maximum atomic E-state index is 12.9. The van der Waals surface area contributed by atoms with Gasteiger partial charge in [-0.1, -0.05) is 0 Å². The van der Waals surface area contributed by atoms with E-state index >= 15 is 0 Å². The van der Waals surface area contributed by atoms with Gasteiger partial charge in [0, 0.05) is 48.5 Å². The highest BCUT2D eigenvalue weighted by molar-refractivity contribution is 5.77. The minimum atomic E-state index is -1.94. The summed E-state index contributed by atoms with van der Waals surface area (Å²) >= 11 is 0. The first-order valence-electron chi connectivity index (χ1n) is 13.8. The van der Waals surface area contributed by atoms with Crippen molar-refractivity contribution in [2.45, 2.75) is 110 Å². The fourth-order valence-corrected chi connectivity index (χ4v) is 4.73. The van der Waals surface area contributed by atoms with E-state index in [-0.39, 0.29) is 0 Å². The molecule has 0 aromatic rings. The number of hydrogen-bond donors (Lipinski definition) is 1. The average Bonchev–Trinajstić information content (AvgIpc) is 2.91. The van der Waals surface area contributed by atoms with Crippen molar-refractivity contribution < 1.29 is 85.7 Å². The summed E-state index contributed by atoms with van der Waals surface area (Å²) in [6, 6.07) is -1.50. The molecule has 2 rings (SSSR count). The average molecular weight is 664 g/mol. The number of ether oxygens (including phenoxy) is 10. The van der Waals surface area contributed by atoms with Crippen LogP contribution in [0.3, 0.4) is 0 Å². The van der Waals surface area contributed by atoms with Crippen LogP contribution >= 0.6 is 0 Å². The SMILES string of the molecule is COC(=O)[C@H]1O[C@@H](O[C@@H]2[C@@H](NC(C)=O)[C@@H](OC(C)=O)O[C@H](COC(C)=O)[C@H]2OC(C)=O)[C@H](OC(C)=O)[C@@H](OC(C)=O)[C@@H]1OC(C)=O. The third kappa shape index (κ3) is 10.6. The highest BCUT2D eigenvalue weighted by Gasteiger charge is 2.58. The monoisotopic (exact) mass is 663 g/mol. The molecule has 19 nitrogen and oxygen atoms in total. The first kappa shape index (κ1) is 37.8. The van der Waals surface area contributed by atoms with Crippen LogP contribution in [-0.2, 0) is 85.7 Å².